The van der Waals surface area contributed by atoms with Gasteiger partial charge in [-0.25, -0.2) is 4.79 Å². The largest absolute Gasteiger partial charge is 0.490 e. The second-order valence-electron chi connectivity index (χ2n) is 4.70. The maximum atomic E-state index is 11.6. The van der Waals surface area contributed by atoms with E-state index in [0.717, 1.165) is 24.5 Å². The lowest BCUT2D eigenvalue weighted by Crippen LogP contribution is -2.10. The van der Waals surface area contributed by atoms with Crippen molar-refractivity contribution in [2.75, 3.05) is 19.8 Å². The lowest BCUT2D eigenvalue weighted by molar-refractivity contribution is -0.129. The van der Waals surface area contributed by atoms with Crippen molar-refractivity contribution in [3.05, 3.63) is 24.3 Å². The Morgan fingerprint density at radius 3 is 2.09 bits per heavy atom. The zero-order valence-corrected chi connectivity index (χ0v) is 14.4. The van der Waals surface area contributed by atoms with E-state index >= 15 is 0 Å². The van der Waals surface area contributed by atoms with Crippen LogP contribution < -0.4 is 18.9 Å². The summed E-state index contributed by atoms with van der Waals surface area (Å²) in [6.45, 7) is 12.5. The molecule has 0 aliphatic rings. The van der Waals surface area contributed by atoms with Crippen molar-refractivity contribution in [3.63, 3.8) is 0 Å². The standard InChI is InChI=1S/C18H26O5/c1-6-11-13-12-14(23-15(19)7-2)17(21-9-4)18(22-10-5)16(13)20-8-3/h7,12H,2,6,8-11H2,1,3-5H3. The van der Waals surface area contributed by atoms with Gasteiger partial charge in [-0.2, -0.15) is 0 Å². The third-order valence-electron chi connectivity index (χ3n) is 3.00. The van der Waals surface area contributed by atoms with E-state index < -0.39 is 5.97 Å². The van der Waals surface area contributed by atoms with Crippen LogP contribution >= 0.6 is 0 Å². The average Bonchev–Trinajstić information content (AvgIpc) is 2.54. The zero-order valence-electron chi connectivity index (χ0n) is 14.4. The molecule has 0 atom stereocenters. The van der Waals surface area contributed by atoms with Crippen LogP contribution in [0.4, 0.5) is 0 Å². The third-order valence-corrected chi connectivity index (χ3v) is 3.00. The van der Waals surface area contributed by atoms with Crippen molar-refractivity contribution < 1.29 is 23.7 Å². The van der Waals surface area contributed by atoms with Gasteiger partial charge in [0.2, 0.25) is 11.5 Å². The lowest BCUT2D eigenvalue weighted by atomic mass is 10.1. The minimum Gasteiger partial charge on any atom is -0.490 e. The first-order valence-electron chi connectivity index (χ1n) is 8.05. The highest BCUT2D eigenvalue weighted by Crippen LogP contribution is 2.47. The molecule has 0 fully saturated rings. The van der Waals surface area contributed by atoms with Gasteiger partial charge in [0, 0.05) is 11.6 Å². The van der Waals surface area contributed by atoms with Gasteiger partial charge >= 0.3 is 5.97 Å². The molecular formula is C18H26O5. The number of hydrogen-bond donors (Lipinski definition) is 0. The van der Waals surface area contributed by atoms with E-state index in [1.807, 2.05) is 20.8 Å². The normalized spacial score (nSPS) is 10.1. The summed E-state index contributed by atoms with van der Waals surface area (Å²) in [6.07, 6.45) is 2.82. The summed E-state index contributed by atoms with van der Waals surface area (Å²) >= 11 is 0. The summed E-state index contributed by atoms with van der Waals surface area (Å²) in [5.74, 6) is 1.30. The molecule has 128 valence electrons. The van der Waals surface area contributed by atoms with Crippen molar-refractivity contribution in [2.45, 2.75) is 40.5 Å². The highest BCUT2D eigenvalue weighted by atomic mass is 16.6. The molecule has 23 heavy (non-hydrogen) atoms. The Labute approximate surface area is 138 Å². The number of rotatable bonds is 10. The molecular weight excluding hydrogens is 296 g/mol. The predicted molar refractivity (Wildman–Crippen MR) is 89.8 cm³/mol. The van der Waals surface area contributed by atoms with Crippen LogP contribution in [0.25, 0.3) is 0 Å². The van der Waals surface area contributed by atoms with Crippen molar-refractivity contribution in [2.24, 2.45) is 0 Å². The van der Waals surface area contributed by atoms with E-state index in [0.29, 0.717) is 42.8 Å². The molecule has 1 aromatic rings. The molecule has 1 aromatic carbocycles. The molecule has 1 rings (SSSR count). The zero-order chi connectivity index (χ0) is 17.2. The van der Waals surface area contributed by atoms with Crippen LogP contribution in [0.3, 0.4) is 0 Å². The first-order chi connectivity index (χ1) is 11.1. The number of ether oxygens (including phenoxy) is 4. The van der Waals surface area contributed by atoms with Gasteiger partial charge in [0.05, 0.1) is 19.8 Å². The summed E-state index contributed by atoms with van der Waals surface area (Å²) in [5.41, 5.74) is 0.924. The Balaban J connectivity index is 3.52. The number of aryl methyl sites for hydroxylation is 1. The van der Waals surface area contributed by atoms with Gasteiger partial charge in [0.25, 0.3) is 0 Å². The molecule has 0 aliphatic carbocycles. The maximum Gasteiger partial charge on any atom is 0.335 e. The molecule has 0 spiro atoms. The predicted octanol–water partition coefficient (Wildman–Crippen LogP) is 3.93. The Morgan fingerprint density at radius 1 is 1.00 bits per heavy atom. The number of carbonyl (C=O) groups is 1. The van der Waals surface area contributed by atoms with Crippen LogP contribution in [0.5, 0.6) is 23.0 Å². The second kappa shape index (κ2) is 9.77. The van der Waals surface area contributed by atoms with E-state index in [2.05, 4.69) is 13.5 Å². The van der Waals surface area contributed by atoms with E-state index in [1.54, 1.807) is 6.07 Å². The van der Waals surface area contributed by atoms with Gasteiger partial charge in [-0.1, -0.05) is 19.9 Å². The molecule has 5 heteroatoms. The monoisotopic (exact) mass is 322 g/mol. The third kappa shape index (κ3) is 4.91. The number of esters is 1. The van der Waals surface area contributed by atoms with Crippen molar-refractivity contribution in [3.8, 4) is 23.0 Å². The van der Waals surface area contributed by atoms with Gasteiger partial charge in [0.15, 0.2) is 11.5 Å². The van der Waals surface area contributed by atoms with E-state index in [9.17, 15) is 4.79 Å². The molecule has 0 unspecified atom stereocenters. The average molecular weight is 322 g/mol. The van der Waals surface area contributed by atoms with Crippen LogP contribution in [0, 0.1) is 0 Å². The fourth-order valence-electron chi connectivity index (χ4n) is 2.19. The molecule has 0 amide bonds. The van der Waals surface area contributed by atoms with Gasteiger partial charge in [-0.3, -0.25) is 0 Å². The van der Waals surface area contributed by atoms with Crippen molar-refractivity contribution in [1.82, 2.24) is 0 Å². The maximum absolute atomic E-state index is 11.6. The quantitative estimate of drug-likeness (QED) is 0.371. The summed E-state index contributed by atoms with van der Waals surface area (Å²) in [6, 6.07) is 1.78. The number of benzene rings is 1. The van der Waals surface area contributed by atoms with Crippen LogP contribution in [0.2, 0.25) is 0 Å². The Hall–Kier alpha value is -2.17. The molecule has 0 bridgehead atoms. The summed E-state index contributed by atoms with van der Waals surface area (Å²) < 4.78 is 22.5. The second-order valence-corrected chi connectivity index (χ2v) is 4.70. The topological polar surface area (TPSA) is 54.0 Å². The smallest absolute Gasteiger partial charge is 0.335 e. The first kappa shape index (κ1) is 18.9. The minimum atomic E-state index is -0.542. The van der Waals surface area contributed by atoms with E-state index in [1.165, 1.54) is 0 Å². The van der Waals surface area contributed by atoms with E-state index in [4.69, 9.17) is 18.9 Å². The molecule has 0 heterocycles. The summed E-state index contributed by atoms with van der Waals surface area (Å²) in [5, 5.41) is 0. The minimum absolute atomic E-state index is 0.326. The molecule has 0 radical (unpaired) electrons. The fourth-order valence-corrected chi connectivity index (χ4v) is 2.19. The molecule has 0 saturated carbocycles. The van der Waals surface area contributed by atoms with Crippen LogP contribution in [0.15, 0.2) is 18.7 Å². The molecule has 0 N–H and O–H groups in total. The Bertz CT molecular complexity index is 537. The first-order valence-corrected chi connectivity index (χ1v) is 8.05. The van der Waals surface area contributed by atoms with Crippen LogP contribution in [-0.2, 0) is 11.2 Å². The molecule has 5 nitrogen and oxygen atoms in total. The van der Waals surface area contributed by atoms with Gasteiger partial charge in [-0.15, -0.1) is 0 Å². The van der Waals surface area contributed by atoms with Crippen molar-refractivity contribution >= 4 is 5.97 Å². The highest BCUT2D eigenvalue weighted by molar-refractivity contribution is 5.84. The van der Waals surface area contributed by atoms with Gasteiger partial charge in [0.1, 0.15) is 0 Å². The molecule has 0 saturated heterocycles. The number of carbonyl (C=O) groups excluding carboxylic acids is 1. The van der Waals surface area contributed by atoms with Gasteiger partial charge < -0.3 is 18.9 Å². The fraction of sp³-hybridized carbons (Fsp3) is 0.500. The Morgan fingerprint density at radius 2 is 1.57 bits per heavy atom. The lowest BCUT2D eigenvalue weighted by Gasteiger charge is -2.21. The summed E-state index contributed by atoms with van der Waals surface area (Å²) in [7, 11) is 0. The van der Waals surface area contributed by atoms with E-state index in [-0.39, 0.29) is 0 Å². The summed E-state index contributed by atoms with van der Waals surface area (Å²) in [4.78, 5) is 11.6. The molecule has 0 aliphatic heterocycles. The molecule has 0 aromatic heterocycles. The van der Waals surface area contributed by atoms with Crippen molar-refractivity contribution in [1.29, 1.82) is 0 Å². The van der Waals surface area contributed by atoms with Crippen LogP contribution in [0.1, 0.15) is 39.7 Å². The SMILES string of the molecule is C=CC(=O)Oc1cc(CCC)c(OCC)c(OCC)c1OCC. The van der Waals surface area contributed by atoms with Crippen LogP contribution in [-0.4, -0.2) is 25.8 Å². The Kier molecular flexibility index (Phi) is 8.02. The highest BCUT2D eigenvalue weighted by Gasteiger charge is 2.23. The number of hydrogen-bond acceptors (Lipinski definition) is 5. The van der Waals surface area contributed by atoms with Gasteiger partial charge in [-0.05, 0) is 33.3 Å².